The van der Waals surface area contributed by atoms with Crippen molar-refractivity contribution in [2.75, 3.05) is 33.7 Å². The molecule has 0 aromatic rings. The zero-order valence-corrected chi connectivity index (χ0v) is 19.0. The Morgan fingerprint density at radius 3 is 1.64 bits per heavy atom. The second kappa shape index (κ2) is 18.4. The van der Waals surface area contributed by atoms with Gasteiger partial charge < -0.3 is 9.80 Å². The van der Waals surface area contributed by atoms with Crippen LogP contribution < -0.4 is 0 Å². The van der Waals surface area contributed by atoms with E-state index < -0.39 is 0 Å². The summed E-state index contributed by atoms with van der Waals surface area (Å²) in [6.45, 7) is 10.7. The van der Waals surface area contributed by atoms with E-state index in [1.54, 1.807) is 0 Å². The third-order valence-corrected chi connectivity index (χ3v) is 4.47. The van der Waals surface area contributed by atoms with E-state index >= 15 is 0 Å². The van der Waals surface area contributed by atoms with Gasteiger partial charge in [-0.15, -0.1) is 17.0 Å². The number of amides is 1. The van der Waals surface area contributed by atoms with Crippen molar-refractivity contribution in [3.63, 3.8) is 0 Å². The van der Waals surface area contributed by atoms with Gasteiger partial charge in [0.1, 0.15) is 0 Å². The maximum Gasteiger partial charge on any atom is 0.248 e. The SMILES string of the molecule is Br.C=C(C)C(=O)N(CCCCCCCCCCCC)CCCN(C)C. The Kier molecular flexibility index (Phi) is 19.8. The van der Waals surface area contributed by atoms with E-state index in [1.807, 2.05) is 11.8 Å². The molecule has 0 atom stereocenters. The molecule has 1 amide bonds. The number of hydrogen-bond acceptors (Lipinski definition) is 2. The number of rotatable bonds is 16. The van der Waals surface area contributed by atoms with E-state index in [4.69, 9.17) is 0 Å². The minimum Gasteiger partial charge on any atom is -0.339 e. The van der Waals surface area contributed by atoms with Crippen LogP contribution in [-0.2, 0) is 4.79 Å². The number of nitrogens with zero attached hydrogens (tertiary/aromatic N) is 2. The Balaban J connectivity index is 0. The lowest BCUT2D eigenvalue weighted by Crippen LogP contribution is -2.34. The number of carbonyl (C=O) groups is 1. The number of hydrogen-bond donors (Lipinski definition) is 0. The predicted molar refractivity (Wildman–Crippen MR) is 117 cm³/mol. The predicted octanol–water partition coefficient (Wildman–Crippen LogP) is 5.84. The molecule has 25 heavy (non-hydrogen) atoms. The average molecular weight is 419 g/mol. The van der Waals surface area contributed by atoms with E-state index in [0.29, 0.717) is 5.57 Å². The lowest BCUT2D eigenvalue weighted by molar-refractivity contribution is -0.127. The first kappa shape index (κ1) is 26.9. The first-order valence-electron chi connectivity index (χ1n) is 10.1. The van der Waals surface area contributed by atoms with Crippen LogP contribution in [0.25, 0.3) is 0 Å². The molecule has 0 aromatic carbocycles. The van der Waals surface area contributed by atoms with Gasteiger partial charge in [-0.2, -0.15) is 0 Å². The summed E-state index contributed by atoms with van der Waals surface area (Å²) in [5, 5.41) is 0. The standard InChI is InChI=1S/C21H42N2O.BrH/c1-6-7-8-9-10-11-12-13-14-15-18-23(21(24)20(2)3)19-16-17-22(4)5;/h2,6-19H2,1,3-5H3;1H. The molecule has 150 valence electrons. The van der Waals surface area contributed by atoms with Gasteiger partial charge in [0.25, 0.3) is 0 Å². The first-order valence-corrected chi connectivity index (χ1v) is 10.1. The molecule has 4 heteroatoms. The van der Waals surface area contributed by atoms with Crippen molar-refractivity contribution in [2.24, 2.45) is 0 Å². The molecule has 0 heterocycles. The van der Waals surface area contributed by atoms with Gasteiger partial charge in [-0.25, -0.2) is 0 Å². The topological polar surface area (TPSA) is 23.6 Å². The maximum atomic E-state index is 12.2. The molecule has 0 fully saturated rings. The van der Waals surface area contributed by atoms with E-state index in [-0.39, 0.29) is 22.9 Å². The highest BCUT2D eigenvalue weighted by Crippen LogP contribution is 2.11. The normalized spacial score (nSPS) is 10.6. The van der Waals surface area contributed by atoms with Crippen molar-refractivity contribution in [2.45, 2.75) is 84.5 Å². The quantitative estimate of drug-likeness (QED) is 0.232. The van der Waals surface area contributed by atoms with E-state index in [2.05, 4.69) is 32.5 Å². The minimum absolute atomic E-state index is 0. The molecule has 0 saturated carbocycles. The third-order valence-electron chi connectivity index (χ3n) is 4.47. The number of carbonyl (C=O) groups excluding carboxylic acids is 1. The Morgan fingerprint density at radius 1 is 0.760 bits per heavy atom. The molecule has 0 aromatic heterocycles. The van der Waals surface area contributed by atoms with Gasteiger partial charge in [0, 0.05) is 18.7 Å². The molecule has 0 rings (SSSR count). The Hall–Kier alpha value is -0.350. The van der Waals surface area contributed by atoms with Crippen LogP contribution in [0, 0.1) is 0 Å². The van der Waals surface area contributed by atoms with Crippen molar-refractivity contribution in [3.05, 3.63) is 12.2 Å². The largest absolute Gasteiger partial charge is 0.339 e. The Morgan fingerprint density at radius 2 is 1.20 bits per heavy atom. The van der Waals surface area contributed by atoms with Crippen LogP contribution in [0.15, 0.2) is 12.2 Å². The highest BCUT2D eigenvalue weighted by Gasteiger charge is 2.13. The smallest absolute Gasteiger partial charge is 0.248 e. The summed E-state index contributed by atoms with van der Waals surface area (Å²) in [5.74, 6) is 0.129. The highest BCUT2D eigenvalue weighted by atomic mass is 79.9. The summed E-state index contributed by atoms with van der Waals surface area (Å²) in [6.07, 6.45) is 14.3. The molecule has 0 bridgehead atoms. The van der Waals surface area contributed by atoms with Gasteiger partial charge in [0.05, 0.1) is 0 Å². The van der Waals surface area contributed by atoms with Crippen molar-refractivity contribution in [3.8, 4) is 0 Å². The molecule has 0 unspecified atom stereocenters. The fourth-order valence-corrected chi connectivity index (χ4v) is 2.95. The summed E-state index contributed by atoms with van der Waals surface area (Å²) < 4.78 is 0. The summed E-state index contributed by atoms with van der Waals surface area (Å²) >= 11 is 0. The number of halogens is 1. The van der Waals surface area contributed by atoms with E-state index in [1.165, 1.54) is 57.8 Å². The molecule has 0 N–H and O–H groups in total. The Bertz CT molecular complexity index is 332. The molecule has 0 aliphatic heterocycles. The molecule has 0 saturated heterocycles. The summed E-state index contributed by atoms with van der Waals surface area (Å²) in [4.78, 5) is 16.4. The van der Waals surface area contributed by atoms with Gasteiger partial charge in [0.15, 0.2) is 0 Å². The van der Waals surface area contributed by atoms with Crippen LogP contribution in [-0.4, -0.2) is 49.4 Å². The van der Waals surface area contributed by atoms with E-state index in [0.717, 1.165) is 32.5 Å². The van der Waals surface area contributed by atoms with Crippen molar-refractivity contribution >= 4 is 22.9 Å². The van der Waals surface area contributed by atoms with Gasteiger partial charge in [0.2, 0.25) is 5.91 Å². The van der Waals surface area contributed by atoms with Crippen molar-refractivity contribution in [1.82, 2.24) is 9.80 Å². The minimum atomic E-state index is 0. The van der Waals surface area contributed by atoms with Gasteiger partial charge in [-0.1, -0.05) is 71.3 Å². The zero-order chi connectivity index (χ0) is 18.2. The zero-order valence-electron chi connectivity index (χ0n) is 17.3. The van der Waals surface area contributed by atoms with Gasteiger partial charge >= 0.3 is 0 Å². The molecule has 0 spiro atoms. The lowest BCUT2D eigenvalue weighted by atomic mass is 10.1. The number of unbranched alkanes of at least 4 members (excludes halogenated alkanes) is 9. The van der Waals surface area contributed by atoms with Crippen LogP contribution in [0.4, 0.5) is 0 Å². The van der Waals surface area contributed by atoms with Crippen molar-refractivity contribution in [1.29, 1.82) is 0 Å². The molecule has 0 radical (unpaired) electrons. The van der Waals surface area contributed by atoms with Crippen LogP contribution in [0.3, 0.4) is 0 Å². The second-order valence-corrected chi connectivity index (χ2v) is 7.41. The fourth-order valence-electron chi connectivity index (χ4n) is 2.95. The summed E-state index contributed by atoms with van der Waals surface area (Å²) in [6, 6.07) is 0. The fraction of sp³-hybridized carbons (Fsp3) is 0.857. The summed E-state index contributed by atoms with van der Waals surface area (Å²) in [7, 11) is 4.15. The lowest BCUT2D eigenvalue weighted by Gasteiger charge is -2.23. The molecule has 0 aliphatic carbocycles. The maximum absolute atomic E-state index is 12.2. The van der Waals surface area contributed by atoms with Crippen LogP contribution in [0.1, 0.15) is 84.5 Å². The van der Waals surface area contributed by atoms with Crippen LogP contribution in [0.5, 0.6) is 0 Å². The summed E-state index contributed by atoms with van der Waals surface area (Å²) in [5.41, 5.74) is 0.659. The van der Waals surface area contributed by atoms with E-state index in [9.17, 15) is 4.79 Å². The average Bonchev–Trinajstić information content (AvgIpc) is 2.53. The van der Waals surface area contributed by atoms with Crippen LogP contribution in [0.2, 0.25) is 0 Å². The Labute approximate surface area is 168 Å². The first-order chi connectivity index (χ1) is 11.5. The van der Waals surface area contributed by atoms with Gasteiger partial charge in [-0.3, -0.25) is 4.79 Å². The molecule has 3 nitrogen and oxygen atoms in total. The molecular formula is C21H43BrN2O. The van der Waals surface area contributed by atoms with Gasteiger partial charge in [-0.05, 0) is 40.4 Å². The highest BCUT2D eigenvalue weighted by molar-refractivity contribution is 8.93. The third kappa shape index (κ3) is 16.8. The monoisotopic (exact) mass is 418 g/mol. The second-order valence-electron chi connectivity index (χ2n) is 7.41. The van der Waals surface area contributed by atoms with Crippen molar-refractivity contribution < 1.29 is 4.79 Å². The van der Waals surface area contributed by atoms with Crippen LogP contribution >= 0.6 is 17.0 Å². The molecule has 0 aliphatic rings. The molecular weight excluding hydrogens is 376 g/mol.